The van der Waals surface area contributed by atoms with Gasteiger partial charge < -0.3 is 4.74 Å². The first-order valence-corrected chi connectivity index (χ1v) is 8.77. The predicted molar refractivity (Wildman–Crippen MR) is 86.8 cm³/mol. The van der Waals surface area contributed by atoms with Gasteiger partial charge in [-0.3, -0.25) is 19.3 Å². The molecule has 2 aliphatic carbocycles. The van der Waals surface area contributed by atoms with Gasteiger partial charge >= 0.3 is 0 Å². The molecule has 2 saturated heterocycles. The molecule has 0 radical (unpaired) electrons. The van der Waals surface area contributed by atoms with Crippen molar-refractivity contribution in [2.75, 3.05) is 7.11 Å². The lowest BCUT2D eigenvalue weighted by Gasteiger charge is -2.46. The summed E-state index contributed by atoms with van der Waals surface area (Å²) < 4.78 is 5.73. The number of imide groups is 1. The maximum atomic E-state index is 13.5. The summed E-state index contributed by atoms with van der Waals surface area (Å²) in [6.07, 6.45) is 4.05. The molecule has 2 amide bonds. The largest absolute Gasteiger partial charge is 0.500 e. The van der Waals surface area contributed by atoms with Crippen molar-refractivity contribution in [2.24, 2.45) is 5.41 Å². The van der Waals surface area contributed by atoms with E-state index in [1.165, 1.54) is 4.90 Å². The molecule has 2 heterocycles. The van der Waals surface area contributed by atoms with E-state index in [-0.39, 0.29) is 17.6 Å². The third kappa shape index (κ3) is 1.45. The fourth-order valence-electron chi connectivity index (χ4n) is 5.83. The van der Waals surface area contributed by atoms with Crippen molar-refractivity contribution in [1.29, 1.82) is 0 Å². The number of nitrogens with zero attached hydrogens (tertiary/aromatic N) is 1. The van der Waals surface area contributed by atoms with Gasteiger partial charge in [-0.25, -0.2) is 0 Å². The average molecular weight is 329 g/mol. The Morgan fingerprint density at radius 1 is 0.958 bits per heavy atom. The van der Waals surface area contributed by atoms with Crippen LogP contribution in [0.25, 0.3) is 0 Å². The number of carbonyl (C=O) groups is 3. The molecule has 2 fully saturated rings. The van der Waals surface area contributed by atoms with Crippen LogP contribution in [0.2, 0.25) is 0 Å². The zero-order valence-electron chi connectivity index (χ0n) is 14.5. The molecule has 0 saturated carbocycles. The first kappa shape index (κ1) is 15.6. The highest BCUT2D eigenvalue weighted by Crippen LogP contribution is 2.65. The molecule has 2 atom stereocenters. The molecule has 4 rings (SSSR count). The summed E-state index contributed by atoms with van der Waals surface area (Å²) in [4.78, 5) is 40.4. The summed E-state index contributed by atoms with van der Waals surface area (Å²) in [5.74, 6) is 0.479. The molecule has 0 aromatic heterocycles. The molecule has 1 unspecified atom stereocenters. The Labute approximate surface area is 141 Å². The summed E-state index contributed by atoms with van der Waals surface area (Å²) >= 11 is 0. The summed E-state index contributed by atoms with van der Waals surface area (Å²) in [6, 6.07) is 0. The highest BCUT2D eigenvalue weighted by molar-refractivity contribution is 6.11. The van der Waals surface area contributed by atoms with Crippen LogP contribution in [0, 0.1) is 5.41 Å². The Kier molecular flexibility index (Phi) is 3.12. The lowest BCUT2D eigenvalue weighted by Crippen LogP contribution is -2.60. The minimum Gasteiger partial charge on any atom is -0.500 e. The van der Waals surface area contributed by atoms with Gasteiger partial charge in [-0.1, -0.05) is 0 Å². The highest BCUT2D eigenvalue weighted by atomic mass is 16.5. The number of amides is 2. The Hall–Kier alpha value is -1.91. The van der Waals surface area contributed by atoms with Gasteiger partial charge in [0.25, 0.3) is 0 Å². The number of hydrogen-bond donors (Lipinski definition) is 0. The predicted octanol–water partition coefficient (Wildman–Crippen LogP) is 2.66. The second kappa shape index (κ2) is 4.80. The van der Waals surface area contributed by atoms with Crippen molar-refractivity contribution in [3.63, 3.8) is 0 Å². The zero-order valence-corrected chi connectivity index (χ0v) is 14.5. The number of ketones is 1. The molecule has 2 spiro atoms. The van der Waals surface area contributed by atoms with Gasteiger partial charge in [0.1, 0.15) is 11.2 Å². The summed E-state index contributed by atoms with van der Waals surface area (Å²) in [5.41, 5.74) is 1.10. The number of methoxy groups -OCH3 is 1. The van der Waals surface area contributed by atoms with E-state index in [4.69, 9.17) is 4.74 Å². The lowest BCUT2D eigenvalue weighted by molar-refractivity contribution is -0.150. The number of ether oxygens (including phenoxy) is 1. The number of rotatable bonds is 1. The first-order valence-electron chi connectivity index (χ1n) is 8.77. The summed E-state index contributed by atoms with van der Waals surface area (Å²) in [5, 5.41) is 0. The van der Waals surface area contributed by atoms with Crippen molar-refractivity contribution in [3.8, 4) is 0 Å². The molecule has 2 aliphatic heterocycles. The zero-order chi connectivity index (χ0) is 17.3. The van der Waals surface area contributed by atoms with Crippen molar-refractivity contribution in [2.45, 2.75) is 64.3 Å². The Bertz CT molecular complexity index is 746. The van der Waals surface area contributed by atoms with Crippen molar-refractivity contribution in [1.82, 2.24) is 4.90 Å². The molecule has 0 aromatic rings. The van der Waals surface area contributed by atoms with E-state index in [0.29, 0.717) is 44.3 Å². The smallest absolute Gasteiger partial charge is 0.230 e. The monoisotopic (exact) mass is 329 g/mol. The topological polar surface area (TPSA) is 63.7 Å². The third-order valence-corrected chi connectivity index (χ3v) is 6.64. The third-order valence-electron chi connectivity index (χ3n) is 6.64. The second-order valence-corrected chi connectivity index (χ2v) is 7.49. The van der Waals surface area contributed by atoms with Crippen LogP contribution in [-0.2, 0) is 19.1 Å². The van der Waals surface area contributed by atoms with Gasteiger partial charge in [0.05, 0.1) is 12.6 Å². The Morgan fingerprint density at radius 2 is 1.67 bits per heavy atom. The van der Waals surface area contributed by atoms with Gasteiger partial charge in [-0.05, 0) is 62.7 Å². The summed E-state index contributed by atoms with van der Waals surface area (Å²) in [7, 11) is 1.60. The van der Waals surface area contributed by atoms with Gasteiger partial charge in [0, 0.05) is 12.8 Å². The van der Waals surface area contributed by atoms with Crippen molar-refractivity contribution >= 4 is 17.6 Å². The Morgan fingerprint density at radius 3 is 2.38 bits per heavy atom. The van der Waals surface area contributed by atoms with E-state index in [0.717, 1.165) is 23.1 Å². The summed E-state index contributed by atoms with van der Waals surface area (Å²) in [6.45, 7) is 3.86. The van der Waals surface area contributed by atoms with Crippen molar-refractivity contribution < 1.29 is 19.1 Å². The van der Waals surface area contributed by atoms with E-state index in [1.807, 2.05) is 13.8 Å². The van der Waals surface area contributed by atoms with Gasteiger partial charge in [-0.15, -0.1) is 0 Å². The van der Waals surface area contributed by atoms with Crippen molar-refractivity contribution in [3.05, 3.63) is 22.5 Å². The molecular formula is C19H23NO4. The fourth-order valence-corrected chi connectivity index (χ4v) is 5.83. The molecule has 128 valence electrons. The molecule has 0 aromatic carbocycles. The van der Waals surface area contributed by atoms with Crippen LogP contribution in [0.3, 0.4) is 0 Å². The highest BCUT2D eigenvalue weighted by Gasteiger charge is 2.73. The SMILES string of the molecule is COC1=C(C)CCC12C(=O)C(C)=C1CCCC(=O)N3C(=O)CC[C@@]132. The number of hydrogen-bond acceptors (Lipinski definition) is 4. The van der Waals surface area contributed by atoms with E-state index >= 15 is 0 Å². The van der Waals surface area contributed by atoms with Crippen LogP contribution >= 0.6 is 0 Å². The van der Waals surface area contributed by atoms with Gasteiger partial charge in [-0.2, -0.15) is 0 Å². The molecule has 5 nitrogen and oxygen atoms in total. The molecular weight excluding hydrogens is 306 g/mol. The standard InChI is InChI=1S/C19H23NO4/c1-11-7-9-18(17(11)24-3)16(23)12(2)13-5-4-6-14(21)20-15(22)8-10-19(13,18)20/h4-10H2,1-3H3/t18?,19-/m0/s1. The maximum Gasteiger partial charge on any atom is 0.230 e. The molecule has 24 heavy (non-hydrogen) atoms. The average Bonchev–Trinajstić information content (AvgIpc) is 3.08. The molecule has 0 bridgehead atoms. The van der Waals surface area contributed by atoms with E-state index < -0.39 is 11.0 Å². The fraction of sp³-hybridized carbons (Fsp3) is 0.632. The van der Waals surface area contributed by atoms with Crippen LogP contribution in [0.1, 0.15) is 58.8 Å². The first-order chi connectivity index (χ1) is 11.4. The van der Waals surface area contributed by atoms with Gasteiger partial charge in [0.2, 0.25) is 11.8 Å². The van der Waals surface area contributed by atoms with Crippen LogP contribution in [0.5, 0.6) is 0 Å². The van der Waals surface area contributed by atoms with Crippen LogP contribution in [0.15, 0.2) is 22.5 Å². The van der Waals surface area contributed by atoms with E-state index in [1.54, 1.807) is 7.11 Å². The molecule has 5 heteroatoms. The minimum absolute atomic E-state index is 0.0561. The number of carbonyl (C=O) groups excluding carboxylic acids is 3. The number of Topliss-reactive ketones (excluding diaryl/α,β-unsaturated/α-hetero) is 1. The second-order valence-electron chi connectivity index (χ2n) is 7.49. The molecule has 4 aliphatic rings. The minimum atomic E-state index is -0.891. The number of allylic oxidation sites excluding steroid dienone is 2. The molecule has 0 N–H and O–H groups in total. The van der Waals surface area contributed by atoms with E-state index in [9.17, 15) is 14.4 Å². The maximum absolute atomic E-state index is 13.5. The normalized spacial score (nSPS) is 36.0. The lowest BCUT2D eigenvalue weighted by atomic mass is 9.65. The Balaban J connectivity index is 2.06. The quantitative estimate of drug-likeness (QED) is 0.694. The van der Waals surface area contributed by atoms with Crippen LogP contribution in [0.4, 0.5) is 0 Å². The van der Waals surface area contributed by atoms with Crippen LogP contribution < -0.4 is 0 Å². The van der Waals surface area contributed by atoms with Gasteiger partial charge in [0.15, 0.2) is 5.78 Å². The van der Waals surface area contributed by atoms with E-state index in [2.05, 4.69) is 0 Å². The van der Waals surface area contributed by atoms with Crippen LogP contribution in [-0.4, -0.2) is 35.1 Å².